The predicted molar refractivity (Wildman–Crippen MR) is 113 cm³/mol. The van der Waals surface area contributed by atoms with E-state index in [0.29, 0.717) is 11.6 Å². The number of nitrogens with one attached hydrogen (secondary N) is 1. The second-order valence-corrected chi connectivity index (χ2v) is 8.36. The molecule has 0 radical (unpaired) electrons. The fraction of sp³-hybridized carbons (Fsp3) is 0.100. The molecule has 0 aliphatic carbocycles. The minimum Gasteiger partial charge on any atom is -0.495 e. The van der Waals surface area contributed by atoms with E-state index in [1.165, 1.54) is 31.4 Å². The molecule has 3 N–H and O–H groups in total. The first-order valence-electron chi connectivity index (χ1n) is 8.54. The van der Waals surface area contributed by atoms with Gasteiger partial charge < -0.3 is 15.8 Å². The van der Waals surface area contributed by atoms with Crippen molar-refractivity contribution >= 4 is 33.1 Å². The lowest BCUT2D eigenvalue weighted by Crippen LogP contribution is -2.22. The summed E-state index contributed by atoms with van der Waals surface area (Å²) in [5.74, 6) is 0.481. The van der Waals surface area contributed by atoms with Gasteiger partial charge in [0, 0.05) is 23.1 Å². The van der Waals surface area contributed by atoms with Crippen molar-refractivity contribution in [3.8, 4) is 5.75 Å². The third-order valence-electron chi connectivity index (χ3n) is 4.03. The minimum atomic E-state index is -3.78. The number of aromatic nitrogens is 1. The average molecular weight is 431 g/mol. The third-order valence-corrected chi connectivity index (χ3v) is 6.06. The Balaban J connectivity index is 1.76. The number of pyridine rings is 1. The Morgan fingerprint density at radius 3 is 2.48 bits per heavy atom. The number of nitrogens with two attached hydrogens (primary N) is 1. The van der Waals surface area contributed by atoms with Gasteiger partial charge in [-0.3, -0.25) is 4.98 Å². The Morgan fingerprint density at radius 2 is 1.83 bits per heavy atom. The van der Waals surface area contributed by atoms with Crippen molar-refractivity contribution in [1.82, 2.24) is 4.98 Å². The zero-order valence-electron chi connectivity index (χ0n) is 15.5. The second kappa shape index (κ2) is 8.93. The summed E-state index contributed by atoms with van der Waals surface area (Å²) in [6.07, 6.45) is 3.29. The summed E-state index contributed by atoms with van der Waals surface area (Å²) in [5, 5.41) is 3.27. The predicted octanol–water partition coefficient (Wildman–Crippen LogP) is 3.50. The van der Waals surface area contributed by atoms with Gasteiger partial charge in [-0.1, -0.05) is 23.7 Å². The molecular formula is C20H19ClN4O3S. The molecule has 0 bridgehead atoms. The molecule has 0 aliphatic heterocycles. The van der Waals surface area contributed by atoms with Gasteiger partial charge >= 0.3 is 0 Å². The lowest BCUT2D eigenvalue weighted by atomic mass is 10.2. The fourth-order valence-electron chi connectivity index (χ4n) is 2.56. The number of rotatable bonds is 6. The number of guanidine groups is 1. The zero-order valence-corrected chi connectivity index (χ0v) is 17.1. The standard InChI is InChI=1S/C20H19ClN4O3S/c1-28-18-7-4-15(21)12-19(18)29(26,27)17-5-2-14(3-6-17)13-24-20(22)25-16-8-10-23-11-9-16/h2-12H,13H2,1H3,(H3,22,23,24,25). The SMILES string of the molecule is COc1ccc(Cl)cc1S(=O)(=O)c1ccc(CN=C(N)Nc2ccncc2)cc1. The van der Waals surface area contributed by atoms with E-state index in [1.807, 2.05) is 0 Å². The Labute approximate surface area is 174 Å². The van der Waals surface area contributed by atoms with Gasteiger partial charge in [-0.2, -0.15) is 0 Å². The van der Waals surface area contributed by atoms with Crippen LogP contribution in [0.2, 0.25) is 5.02 Å². The molecule has 1 heterocycles. The summed E-state index contributed by atoms with van der Waals surface area (Å²) in [7, 11) is -2.37. The monoisotopic (exact) mass is 430 g/mol. The van der Waals surface area contributed by atoms with Gasteiger partial charge in [0.05, 0.1) is 18.6 Å². The van der Waals surface area contributed by atoms with E-state index in [-0.39, 0.29) is 21.5 Å². The number of aliphatic imine (C=N–C) groups is 1. The largest absolute Gasteiger partial charge is 0.495 e. The molecular weight excluding hydrogens is 412 g/mol. The van der Waals surface area contributed by atoms with E-state index >= 15 is 0 Å². The van der Waals surface area contributed by atoms with Crippen LogP contribution in [0.4, 0.5) is 5.69 Å². The molecule has 1 aromatic heterocycles. The Morgan fingerprint density at radius 1 is 1.14 bits per heavy atom. The molecule has 0 amide bonds. The highest BCUT2D eigenvalue weighted by atomic mass is 35.5. The van der Waals surface area contributed by atoms with Gasteiger partial charge in [-0.05, 0) is 48.0 Å². The van der Waals surface area contributed by atoms with Crippen LogP contribution < -0.4 is 15.8 Å². The Kier molecular flexibility index (Phi) is 6.36. The Hall–Kier alpha value is -3.10. The van der Waals surface area contributed by atoms with Crippen molar-refractivity contribution in [2.24, 2.45) is 10.7 Å². The quantitative estimate of drug-likeness (QED) is 0.457. The van der Waals surface area contributed by atoms with Crippen LogP contribution in [-0.2, 0) is 16.4 Å². The van der Waals surface area contributed by atoms with Crippen molar-refractivity contribution in [1.29, 1.82) is 0 Å². The van der Waals surface area contributed by atoms with Gasteiger partial charge in [0.1, 0.15) is 10.6 Å². The number of hydrogen-bond acceptors (Lipinski definition) is 5. The zero-order chi connectivity index (χ0) is 20.9. The molecule has 7 nitrogen and oxygen atoms in total. The molecule has 2 aromatic carbocycles. The fourth-order valence-corrected chi connectivity index (χ4v) is 4.24. The molecule has 3 rings (SSSR count). The minimum absolute atomic E-state index is 0.0177. The molecule has 0 saturated heterocycles. The van der Waals surface area contributed by atoms with Crippen LogP contribution in [0.15, 0.2) is 81.8 Å². The molecule has 0 unspecified atom stereocenters. The molecule has 0 fully saturated rings. The maximum Gasteiger partial charge on any atom is 0.210 e. The summed E-state index contributed by atoms with van der Waals surface area (Å²) in [6, 6.07) is 14.4. The smallest absolute Gasteiger partial charge is 0.210 e. The summed E-state index contributed by atoms with van der Waals surface area (Å²) in [4.78, 5) is 8.33. The van der Waals surface area contributed by atoms with Crippen LogP contribution in [0.3, 0.4) is 0 Å². The van der Waals surface area contributed by atoms with Crippen LogP contribution in [0.25, 0.3) is 0 Å². The first kappa shape index (κ1) is 20.6. The second-order valence-electron chi connectivity index (χ2n) is 6.00. The highest BCUT2D eigenvalue weighted by Crippen LogP contribution is 2.31. The van der Waals surface area contributed by atoms with E-state index in [9.17, 15) is 8.42 Å². The molecule has 150 valence electrons. The van der Waals surface area contributed by atoms with Crippen LogP contribution in [0, 0.1) is 0 Å². The van der Waals surface area contributed by atoms with Crippen molar-refractivity contribution < 1.29 is 13.2 Å². The molecule has 0 spiro atoms. The van der Waals surface area contributed by atoms with Crippen LogP contribution >= 0.6 is 11.6 Å². The van der Waals surface area contributed by atoms with Crippen molar-refractivity contribution in [3.63, 3.8) is 0 Å². The number of halogens is 1. The highest BCUT2D eigenvalue weighted by molar-refractivity contribution is 7.91. The molecule has 29 heavy (non-hydrogen) atoms. The van der Waals surface area contributed by atoms with Gasteiger partial charge in [0.2, 0.25) is 9.84 Å². The molecule has 0 atom stereocenters. The van der Waals surface area contributed by atoms with E-state index in [2.05, 4.69) is 15.3 Å². The maximum atomic E-state index is 12.9. The van der Waals surface area contributed by atoms with E-state index in [1.54, 1.807) is 42.7 Å². The number of ether oxygens (including phenoxy) is 1. The van der Waals surface area contributed by atoms with Gasteiger partial charge in [-0.25, -0.2) is 13.4 Å². The topological polar surface area (TPSA) is 107 Å². The van der Waals surface area contributed by atoms with Gasteiger partial charge in [0.25, 0.3) is 0 Å². The number of sulfone groups is 1. The lowest BCUT2D eigenvalue weighted by Gasteiger charge is -2.10. The summed E-state index contributed by atoms with van der Waals surface area (Å²) in [6.45, 7) is 0.296. The normalized spacial score (nSPS) is 11.9. The number of benzene rings is 2. The van der Waals surface area contributed by atoms with Crippen LogP contribution in [0.1, 0.15) is 5.56 Å². The van der Waals surface area contributed by atoms with E-state index in [0.717, 1.165) is 11.3 Å². The molecule has 0 saturated carbocycles. The molecule has 3 aromatic rings. The van der Waals surface area contributed by atoms with Crippen molar-refractivity contribution in [3.05, 3.63) is 77.6 Å². The van der Waals surface area contributed by atoms with E-state index < -0.39 is 9.84 Å². The van der Waals surface area contributed by atoms with Crippen molar-refractivity contribution in [2.45, 2.75) is 16.3 Å². The highest BCUT2D eigenvalue weighted by Gasteiger charge is 2.22. The number of hydrogen-bond donors (Lipinski definition) is 2. The van der Waals surface area contributed by atoms with Gasteiger partial charge in [-0.15, -0.1) is 0 Å². The third kappa shape index (κ3) is 5.04. The van der Waals surface area contributed by atoms with Crippen LogP contribution in [0.5, 0.6) is 5.75 Å². The summed E-state index contributed by atoms with van der Waals surface area (Å²) < 4.78 is 31.1. The first-order valence-corrected chi connectivity index (χ1v) is 10.4. The lowest BCUT2D eigenvalue weighted by molar-refractivity contribution is 0.402. The number of nitrogens with zero attached hydrogens (tertiary/aromatic N) is 2. The Bertz CT molecular complexity index is 1120. The molecule has 0 aliphatic rings. The van der Waals surface area contributed by atoms with Crippen LogP contribution in [-0.4, -0.2) is 26.5 Å². The first-order chi connectivity index (χ1) is 13.9. The number of methoxy groups -OCH3 is 1. The van der Waals surface area contributed by atoms with Gasteiger partial charge in [0.15, 0.2) is 5.96 Å². The maximum absolute atomic E-state index is 12.9. The van der Waals surface area contributed by atoms with E-state index in [4.69, 9.17) is 22.1 Å². The average Bonchev–Trinajstić information content (AvgIpc) is 2.73. The summed E-state index contributed by atoms with van der Waals surface area (Å²) in [5.41, 5.74) is 7.45. The molecule has 9 heteroatoms. The summed E-state index contributed by atoms with van der Waals surface area (Å²) >= 11 is 5.97. The number of anilines is 1. The van der Waals surface area contributed by atoms with Crippen molar-refractivity contribution in [2.75, 3.05) is 12.4 Å².